The first-order valence-electron chi connectivity index (χ1n) is 7.55. The Bertz CT molecular complexity index is 646. The number of nitrogens with zero attached hydrogens (tertiary/aromatic N) is 2. The second kappa shape index (κ2) is 9.25. The smallest absolute Gasteiger partial charge is 0.191 e. The maximum Gasteiger partial charge on any atom is 0.191 e. The Balaban J connectivity index is 1.90. The van der Waals surface area contributed by atoms with Gasteiger partial charge in [-0.3, -0.25) is 4.98 Å². The molecule has 0 aliphatic carbocycles. The van der Waals surface area contributed by atoms with E-state index in [-0.39, 0.29) is 5.82 Å². The Hall–Kier alpha value is -1.95. The van der Waals surface area contributed by atoms with Crippen molar-refractivity contribution in [3.8, 4) is 0 Å². The number of benzene rings is 1. The van der Waals surface area contributed by atoms with Crippen LogP contribution in [0.25, 0.3) is 0 Å². The molecule has 0 bridgehead atoms. The van der Waals surface area contributed by atoms with Crippen LogP contribution < -0.4 is 10.6 Å². The fourth-order valence-electron chi connectivity index (χ4n) is 2.01. The van der Waals surface area contributed by atoms with E-state index in [4.69, 9.17) is 0 Å². The fraction of sp³-hybridized carbons (Fsp3) is 0.294. The van der Waals surface area contributed by atoms with Crippen molar-refractivity contribution < 1.29 is 4.39 Å². The summed E-state index contributed by atoms with van der Waals surface area (Å²) in [6, 6.07) is 10.9. The fourth-order valence-corrected chi connectivity index (χ4v) is 2.25. The third kappa shape index (κ3) is 5.98. The summed E-state index contributed by atoms with van der Waals surface area (Å²) in [4.78, 5) is 8.76. The van der Waals surface area contributed by atoms with Crippen molar-refractivity contribution in [2.24, 2.45) is 4.99 Å². The lowest BCUT2D eigenvalue weighted by Gasteiger charge is -2.11. The van der Waals surface area contributed by atoms with Gasteiger partial charge < -0.3 is 10.6 Å². The molecule has 6 heteroatoms. The lowest BCUT2D eigenvalue weighted by Crippen LogP contribution is -2.38. The van der Waals surface area contributed by atoms with Crippen molar-refractivity contribution in [3.05, 3.63) is 64.1 Å². The second-order valence-electron chi connectivity index (χ2n) is 4.94. The number of nitrogens with one attached hydrogen (secondary N) is 2. The van der Waals surface area contributed by atoms with Gasteiger partial charge in [0.25, 0.3) is 0 Å². The van der Waals surface area contributed by atoms with Crippen molar-refractivity contribution in [2.45, 2.75) is 19.9 Å². The molecule has 23 heavy (non-hydrogen) atoms. The largest absolute Gasteiger partial charge is 0.357 e. The molecule has 1 aromatic heterocycles. The Morgan fingerprint density at radius 2 is 2.13 bits per heavy atom. The van der Waals surface area contributed by atoms with Crippen molar-refractivity contribution in [1.29, 1.82) is 0 Å². The molecule has 2 aromatic rings. The second-order valence-corrected chi connectivity index (χ2v) is 5.80. The highest BCUT2D eigenvalue weighted by Gasteiger charge is 2.02. The summed E-state index contributed by atoms with van der Waals surface area (Å²) < 4.78 is 14.0. The molecule has 2 rings (SSSR count). The molecule has 0 aliphatic heterocycles. The first-order valence-corrected chi connectivity index (χ1v) is 8.34. The Morgan fingerprint density at radius 1 is 1.26 bits per heavy atom. The summed E-state index contributed by atoms with van der Waals surface area (Å²) in [5.41, 5.74) is 1.86. The lowest BCUT2D eigenvalue weighted by atomic mass is 10.2. The minimum Gasteiger partial charge on any atom is -0.357 e. The molecule has 1 aromatic carbocycles. The molecule has 0 spiro atoms. The van der Waals surface area contributed by atoms with Gasteiger partial charge in [-0.15, -0.1) is 0 Å². The first-order chi connectivity index (χ1) is 11.2. The van der Waals surface area contributed by atoms with Crippen LogP contribution in [0, 0.1) is 5.82 Å². The van der Waals surface area contributed by atoms with Crippen LogP contribution >= 0.6 is 15.9 Å². The molecule has 2 N–H and O–H groups in total. The number of pyridine rings is 1. The van der Waals surface area contributed by atoms with Gasteiger partial charge in [0.2, 0.25) is 0 Å². The van der Waals surface area contributed by atoms with Crippen molar-refractivity contribution >= 4 is 21.9 Å². The third-order valence-corrected chi connectivity index (χ3v) is 3.79. The molecular weight excluding hydrogens is 359 g/mol. The number of aliphatic imine (C=N–C) groups is 1. The van der Waals surface area contributed by atoms with E-state index in [9.17, 15) is 4.39 Å². The maximum atomic E-state index is 13.5. The maximum absolute atomic E-state index is 13.5. The normalized spacial score (nSPS) is 11.3. The monoisotopic (exact) mass is 378 g/mol. The highest BCUT2D eigenvalue weighted by Crippen LogP contribution is 2.16. The average Bonchev–Trinajstić information content (AvgIpc) is 2.56. The Labute approximate surface area is 144 Å². The van der Waals surface area contributed by atoms with Crippen LogP contribution in [0.5, 0.6) is 0 Å². The van der Waals surface area contributed by atoms with Gasteiger partial charge >= 0.3 is 0 Å². The predicted molar refractivity (Wildman–Crippen MR) is 94.9 cm³/mol. The number of hydrogen-bond donors (Lipinski definition) is 2. The van der Waals surface area contributed by atoms with Gasteiger partial charge in [-0.1, -0.05) is 12.1 Å². The molecule has 0 aliphatic rings. The zero-order valence-corrected chi connectivity index (χ0v) is 14.6. The van der Waals surface area contributed by atoms with Crippen LogP contribution in [-0.2, 0) is 13.0 Å². The molecule has 1 heterocycles. The summed E-state index contributed by atoms with van der Waals surface area (Å²) >= 11 is 3.15. The van der Waals surface area contributed by atoms with Crippen molar-refractivity contribution in [2.75, 3.05) is 13.1 Å². The highest BCUT2D eigenvalue weighted by molar-refractivity contribution is 9.10. The van der Waals surface area contributed by atoms with E-state index in [0.29, 0.717) is 17.0 Å². The molecular formula is C17H20BrFN4. The quantitative estimate of drug-likeness (QED) is 0.598. The highest BCUT2D eigenvalue weighted by atomic mass is 79.9. The predicted octanol–water partition coefficient (Wildman–Crippen LogP) is 3.28. The minimum atomic E-state index is -0.272. The minimum absolute atomic E-state index is 0.272. The topological polar surface area (TPSA) is 49.3 Å². The molecule has 0 atom stereocenters. The van der Waals surface area contributed by atoms with E-state index >= 15 is 0 Å². The van der Waals surface area contributed by atoms with E-state index in [1.807, 2.05) is 31.2 Å². The van der Waals surface area contributed by atoms with Crippen LogP contribution in [-0.4, -0.2) is 24.0 Å². The van der Waals surface area contributed by atoms with E-state index in [1.165, 1.54) is 6.07 Å². The van der Waals surface area contributed by atoms with E-state index < -0.39 is 0 Å². The number of hydrogen-bond acceptors (Lipinski definition) is 2. The first kappa shape index (κ1) is 17.4. The number of halogens is 2. The van der Waals surface area contributed by atoms with Crippen LogP contribution in [0.1, 0.15) is 18.2 Å². The van der Waals surface area contributed by atoms with Crippen LogP contribution in [0.15, 0.2) is 52.1 Å². The Kier molecular flexibility index (Phi) is 7.00. The number of guanidine groups is 1. The van der Waals surface area contributed by atoms with Gasteiger partial charge in [0.05, 0.1) is 11.0 Å². The molecule has 0 unspecified atom stereocenters. The zero-order valence-electron chi connectivity index (χ0n) is 13.0. The van der Waals surface area contributed by atoms with Gasteiger partial charge in [-0.05, 0) is 52.7 Å². The summed E-state index contributed by atoms with van der Waals surface area (Å²) in [5.74, 6) is 0.442. The average molecular weight is 379 g/mol. The summed E-state index contributed by atoms with van der Waals surface area (Å²) in [6.45, 7) is 3.93. The van der Waals surface area contributed by atoms with Gasteiger partial charge in [0.15, 0.2) is 5.96 Å². The third-order valence-electron chi connectivity index (χ3n) is 3.15. The summed E-state index contributed by atoms with van der Waals surface area (Å²) in [6.07, 6.45) is 2.61. The van der Waals surface area contributed by atoms with Crippen molar-refractivity contribution in [1.82, 2.24) is 15.6 Å². The summed E-state index contributed by atoms with van der Waals surface area (Å²) in [5, 5.41) is 6.44. The molecule has 0 amide bonds. The molecule has 0 fully saturated rings. The van der Waals surface area contributed by atoms with Gasteiger partial charge in [-0.2, -0.15) is 0 Å². The molecule has 122 valence electrons. The number of aromatic nitrogens is 1. The molecule has 0 radical (unpaired) electrons. The van der Waals surface area contributed by atoms with Gasteiger partial charge in [-0.25, -0.2) is 9.38 Å². The van der Waals surface area contributed by atoms with Crippen LogP contribution in [0.3, 0.4) is 0 Å². The SMILES string of the molecule is CCNC(=NCc1ccc(Br)c(F)c1)NCCc1ccccn1. The van der Waals surface area contributed by atoms with E-state index in [0.717, 1.165) is 30.8 Å². The van der Waals surface area contributed by atoms with Crippen LogP contribution in [0.4, 0.5) is 4.39 Å². The Morgan fingerprint density at radius 3 is 2.83 bits per heavy atom. The lowest BCUT2D eigenvalue weighted by molar-refractivity contribution is 0.618. The summed E-state index contributed by atoms with van der Waals surface area (Å²) in [7, 11) is 0. The van der Waals surface area contributed by atoms with Gasteiger partial charge in [0, 0.05) is 31.4 Å². The standard InChI is InChI=1S/C17H20BrFN4/c1-2-20-17(22-10-8-14-5-3-4-9-21-14)23-12-13-6-7-15(18)16(19)11-13/h3-7,9,11H,2,8,10,12H2,1H3,(H2,20,22,23). The molecule has 0 saturated heterocycles. The van der Waals surface area contributed by atoms with Crippen molar-refractivity contribution in [3.63, 3.8) is 0 Å². The molecule has 4 nitrogen and oxygen atoms in total. The van der Waals surface area contributed by atoms with E-state index in [1.54, 1.807) is 12.3 Å². The van der Waals surface area contributed by atoms with Crippen LogP contribution in [0.2, 0.25) is 0 Å². The molecule has 0 saturated carbocycles. The zero-order chi connectivity index (χ0) is 16.5. The number of rotatable bonds is 6. The van der Waals surface area contributed by atoms with E-state index in [2.05, 4.69) is 36.5 Å². The van der Waals surface area contributed by atoms with Gasteiger partial charge in [0.1, 0.15) is 5.82 Å².